The zero-order chi connectivity index (χ0) is 7.11. The molecular weight excluding hydrogens is 283 g/mol. The Morgan fingerprint density at radius 1 is 1.50 bits per heavy atom. The Hall–Kier alpha value is 1.37. The molecule has 0 spiro atoms. The normalized spacial score (nSPS) is 10.4. The molecule has 0 fully saturated rings. The van der Waals surface area contributed by atoms with Crippen LogP contribution in [0.25, 0.3) is 0 Å². The molecule has 1 N–H and O–H groups in total. The van der Waals surface area contributed by atoms with Crippen LogP contribution in [-0.2, 0) is 9.09 Å². The molecule has 0 amide bonds. The largest absolute Gasteiger partial charge is 0.694 e. The Kier molecular flexibility index (Phi) is 14.4. The van der Waals surface area contributed by atoms with Crippen molar-refractivity contribution in [2.75, 3.05) is 6.61 Å². The summed E-state index contributed by atoms with van der Waals surface area (Å²) >= 11 is 0. The second-order valence-corrected chi connectivity index (χ2v) is 2.51. The van der Waals surface area contributed by atoms with Gasteiger partial charge in [-0.1, -0.05) is 19.8 Å². The van der Waals surface area contributed by atoms with Crippen LogP contribution in [0.1, 0.15) is 26.2 Å². The van der Waals surface area contributed by atoms with Gasteiger partial charge in [-0.2, -0.15) is 0 Å². The topological polar surface area (TPSA) is 46.5 Å². The van der Waals surface area contributed by atoms with Gasteiger partial charge in [0.1, 0.15) is 6.61 Å². The van der Waals surface area contributed by atoms with Crippen LogP contribution in [0, 0.1) is 40.8 Å². The SMILES string of the molecule is CCCCCO[P+](=O)O.[Nd]. The van der Waals surface area contributed by atoms with Gasteiger partial charge in [-0.05, 0) is 6.42 Å². The van der Waals surface area contributed by atoms with Crippen LogP contribution in [0.5, 0.6) is 0 Å². The maximum atomic E-state index is 9.89. The molecule has 0 aliphatic heterocycles. The Morgan fingerprint density at radius 3 is 2.50 bits per heavy atom. The van der Waals surface area contributed by atoms with Crippen molar-refractivity contribution in [3.05, 3.63) is 0 Å². The third kappa shape index (κ3) is 12.1. The first-order valence-electron chi connectivity index (χ1n) is 3.06. The average Bonchev–Trinajstić information content (AvgIpc) is 1.80. The molecule has 1 atom stereocenters. The van der Waals surface area contributed by atoms with E-state index in [9.17, 15) is 4.57 Å². The van der Waals surface area contributed by atoms with Crippen LogP contribution < -0.4 is 0 Å². The van der Waals surface area contributed by atoms with Gasteiger partial charge in [-0.3, -0.25) is 0 Å². The molecule has 0 saturated carbocycles. The molecule has 0 aromatic rings. The quantitative estimate of drug-likeness (QED) is 0.622. The zero-order valence-corrected chi connectivity index (χ0v) is 10.1. The minimum Gasteiger partial charge on any atom is -0.133 e. The van der Waals surface area contributed by atoms with E-state index in [1.165, 1.54) is 0 Å². The van der Waals surface area contributed by atoms with E-state index in [0.29, 0.717) is 6.61 Å². The molecule has 0 aromatic heterocycles. The Bertz CT molecular complexity index is 89.0. The summed E-state index contributed by atoms with van der Waals surface area (Å²) in [5.41, 5.74) is 0. The van der Waals surface area contributed by atoms with Crippen molar-refractivity contribution in [1.82, 2.24) is 0 Å². The van der Waals surface area contributed by atoms with Crippen LogP contribution in [0.4, 0.5) is 0 Å². The summed E-state index contributed by atoms with van der Waals surface area (Å²) in [4.78, 5) is 8.14. The molecule has 58 valence electrons. The van der Waals surface area contributed by atoms with Crippen molar-refractivity contribution < 1.29 is 54.8 Å². The smallest absolute Gasteiger partial charge is 0.133 e. The summed E-state index contributed by atoms with van der Waals surface area (Å²) in [5.74, 6) is 0. The third-order valence-electron chi connectivity index (χ3n) is 0.950. The zero-order valence-electron chi connectivity index (χ0n) is 6.04. The second-order valence-electron chi connectivity index (χ2n) is 1.78. The molecule has 0 rings (SSSR count). The van der Waals surface area contributed by atoms with Crippen molar-refractivity contribution in [3.63, 3.8) is 0 Å². The van der Waals surface area contributed by atoms with E-state index in [0.717, 1.165) is 19.3 Å². The van der Waals surface area contributed by atoms with Gasteiger partial charge in [0.15, 0.2) is 0 Å². The van der Waals surface area contributed by atoms with Gasteiger partial charge in [-0.15, -0.1) is 9.42 Å². The molecule has 0 aromatic carbocycles. The molecular formula is C5H12NdO3P+. The van der Waals surface area contributed by atoms with Crippen molar-refractivity contribution in [1.29, 1.82) is 0 Å². The van der Waals surface area contributed by atoms with Gasteiger partial charge in [0, 0.05) is 45.4 Å². The molecule has 5 heteroatoms. The molecule has 0 radical (unpaired) electrons. The molecule has 1 unspecified atom stereocenters. The standard InChI is InChI=1S/C5H11O3P.Nd/c1-2-3-4-5-8-9(6)7;/h2-5H2,1H3;/p+1. The Balaban J connectivity index is 0. The van der Waals surface area contributed by atoms with Crippen molar-refractivity contribution >= 4 is 8.25 Å². The van der Waals surface area contributed by atoms with E-state index < -0.39 is 8.25 Å². The minimum absolute atomic E-state index is 0. The Labute approximate surface area is 95.0 Å². The van der Waals surface area contributed by atoms with E-state index in [-0.39, 0.29) is 40.8 Å². The van der Waals surface area contributed by atoms with Crippen molar-refractivity contribution in [2.45, 2.75) is 26.2 Å². The monoisotopic (exact) mass is 293 g/mol. The Morgan fingerprint density at radius 2 is 2.10 bits per heavy atom. The van der Waals surface area contributed by atoms with Crippen LogP contribution in [0.15, 0.2) is 0 Å². The summed E-state index contributed by atoms with van der Waals surface area (Å²) in [6.45, 7) is 2.47. The molecule has 3 nitrogen and oxygen atoms in total. The van der Waals surface area contributed by atoms with E-state index in [1.54, 1.807) is 0 Å². The molecule has 0 bridgehead atoms. The van der Waals surface area contributed by atoms with Gasteiger partial charge in [0.2, 0.25) is 0 Å². The fourth-order valence-electron chi connectivity index (χ4n) is 0.495. The number of hydrogen-bond acceptors (Lipinski definition) is 2. The first kappa shape index (κ1) is 13.9. The van der Waals surface area contributed by atoms with E-state index >= 15 is 0 Å². The first-order chi connectivity index (χ1) is 4.27. The predicted molar refractivity (Wildman–Crippen MR) is 35.3 cm³/mol. The van der Waals surface area contributed by atoms with E-state index in [1.807, 2.05) is 0 Å². The van der Waals surface area contributed by atoms with Crippen molar-refractivity contribution in [3.8, 4) is 0 Å². The summed E-state index contributed by atoms with van der Waals surface area (Å²) in [5, 5.41) is 0. The van der Waals surface area contributed by atoms with Gasteiger partial charge in [0.25, 0.3) is 0 Å². The maximum Gasteiger partial charge on any atom is 0.694 e. The summed E-state index contributed by atoms with van der Waals surface area (Å²) in [6, 6.07) is 0. The van der Waals surface area contributed by atoms with Crippen LogP contribution in [-0.4, -0.2) is 11.5 Å². The van der Waals surface area contributed by atoms with Gasteiger partial charge < -0.3 is 0 Å². The summed E-state index contributed by atoms with van der Waals surface area (Å²) < 4.78 is 14.3. The van der Waals surface area contributed by atoms with Gasteiger partial charge >= 0.3 is 8.25 Å². The number of unbranched alkanes of at least 4 members (excludes halogenated alkanes) is 2. The fraction of sp³-hybridized carbons (Fsp3) is 1.00. The predicted octanol–water partition coefficient (Wildman–Crippen LogP) is 1.84. The van der Waals surface area contributed by atoms with Crippen LogP contribution in [0.2, 0.25) is 0 Å². The van der Waals surface area contributed by atoms with Crippen molar-refractivity contribution in [2.24, 2.45) is 0 Å². The minimum atomic E-state index is -2.37. The van der Waals surface area contributed by atoms with E-state index in [2.05, 4.69) is 11.4 Å². The molecule has 0 heterocycles. The first-order valence-corrected chi connectivity index (χ1v) is 4.19. The average molecular weight is 295 g/mol. The summed E-state index contributed by atoms with van der Waals surface area (Å²) in [6.07, 6.45) is 3.03. The van der Waals surface area contributed by atoms with Gasteiger partial charge in [0.05, 0.1) is 0 Å². The summed E-state index contributed by atoms with van der Waals surface area (Å²) in [7, 11) is -2.37. The molecule has 0 aliphatic rings. The maximum absolute atomic E-state index is 9.89. The van der Waals surface area contributed by atoms with Crippen LogP contribution in [0.3, 0.4) is 0 Å². The molecule has 0 saturated heterocycles. The number of rotatable bonds is 5. The number of hydrogen-bond donors (Lipinski definition) is 1. The third-order valence-corrected chi connectivity index (χ3v) is 1.35. The van der Waals surface area contributed by atoms with Crippen LogP contribution >= 0.6 is 8.25 Å². The molecule has 0 aliphatic carbocycles. The second kappa shape index (κ2) is 10.4. The molecule has 10 heavy (non-hydrogen) atoms. The van der Waals surface area contributed by atoms with E-state index in [4.69, 9.17) is 4.89 Å². The van der Waals surface area contributed by atoms with Gasteiger partial charge in [-0.25, -0.2) is 0 Å². The fourth-order valence-corrected chi connectivity index (χ4v) is 0.780.